The quantitative estimate of drug-likeness (QED) is 0.723. The second kappa shape index (κ2) is 6.12. The van der Waals surface area contributed by atoms with Crippen LogP contribution in [0.1, 0.15) is 33.9 Å². The molecule has 25 heavy (non-hydrogen) atoms. The minimum atomic E-state index is -0.122. The standard InChI is InChI=1S/C19H19N5O/c1-13-10-14(2)24(22-13)18-12-20-11-16(21-18)19(25)23-9-5-7-15-6-3-4-8-17(15)23/h3-4,6,8,10-12H,5,7,9H2,1-2H3. The van der Waals surface area contributed by atoms with Crippen molar-refractivity contribution in [2.45, 2.75) is 26.7 Å². The zero-order chi connectivity index (χ0) is 17.4. The molecule has 0 radical (unpaired) electrons. The first-order valence-electron chi connectivity index (χ1n) is 8.39. The van der Waals surface area contributed by atoms with Gasteiger partial charge in [0.05, 0.1) is 18.1 Å². The summed E-state index contributed by atoms with van der Waals surface area (Å²) in [5, 5.41) is 4.42. The fourth-order valence-electron chi connectivity index (χ4n) is 3.30. The Morgan fingerprint density at radius 2 is 2.00 bits per heavy atom. The Balaban J connectivity index is 1.70. The second-order valence-corrected chi connectivity index (χ2v) is 6.29. The zero-order valence-corrected chi connectivity index (χ0v) is 14.3. The molecule has 1 aliphatic heterocycles. The first kappa shape index (κ1) is 15.5. The summed E-state index contributed by atoms with van der Waals surface area (Å²) in [5.41, 5.74) is 4.37. The third kappa shape index (κ3) is 2.80. The molecule has 3 heterocycles. The van der Waals surface area contributed by atoms with E-state index in [4.69, 9.17) is 0 Å². The first-order valence-corrected chi connectivity index (χ1v) is 8.39. The van der Waals surface area contributed by atoms with Gasteiger partial charge in [-0.25, -0.2) is 9.67 Å². The van der Waals surface area contributed by atoms with Crippen molar-refractivity contribution in [2.75, 3.05) is 11.4 Å². The maximum atomic E-state index is 13.0. The minimum absolute atomic E-state index is 0.122. The van der Waals surface area contributed by atoms with Crippen LogP contribution in [-0.2, 0) is 6.42 Å². The van der Waals surface area contributed by atoms with Gasteiger partial charge in [0.15, 0.2) is 5.82 Å². The van der Waals surface area contributed by atoms with Gasteiger partial charge in [-0.3, -0.25) is 9.78 Å². The Morgan fingerprint density at radius 1 is 1.16 bits per heavy atom. The van der Waals surface area contributed by atoms with Crippen LogP contribution in [-0.4, -0.2) is 32.2 Å². The van der Waals surface area contributed by atoms with E-state index in [1.807, 2.05) is 38.1 Å². The van der Waals surface area contributed by atoms with Crippen molar-refractivity contribution in [2.24, 2.45) is 0 Å². The smallest absolute Gasteiger partial charge is 0.278 e. The molecule has 2 aromatic heterocycles. The molecule has 4 rings (SSSR count). The molecular weight excluding hydrogens is 314 g/mol. The van der Waals surface area contributed by atoms with E-state index in [2.05, 4.69) is 21.1 Å². The van der Waals surface area contributed by atoms with Gasteiger partial charge >= 0.3 is 0 Å². The SMILES string of the molecule is Cc1cc(C)n(-c2cncc(C(=O)N3CCCc4ccccc43)n2)n1. The summed E-state index contributed by atoms with van der Waals surface area (Å²) in [6.07, 6.45) is 5.10. The lowest BCUT2D eigenvalue weighted by Gasteiger charge is -2.29. The molecule has 1 amide bonds. The molecule has 0 unspecified atom stereocenters. The number of anilines is 1. The fourth-order valence-corrected chi connectivity index (χ4v) is 3.30. The lowest BCUT2D eigenvalue weighted by atomic mass is 10.0. The van der Waals surface area contributed by atoms with Crippen molar-refractivity contribution < 1.29 is 4.79 Å². The van der Waals surface area contributed by atoms with E-state index in [0.29, 0.717) is 18.1 Å². The van der Waals surface area contributed by atoms with Gasteiger partial charge in [-0.05, 0) is 44.4 Å². The monoisotopic (exact) mass is 333 g/mol. The maximum absolute atomic E-state index is 13.0. The van der Waals surface area contributed by atoms with Crippen LogP contribution in [0.5, 0.6) is 0 Å². The van der Waals surface area contributed by atoms with Gasteiger partial charge in [-0.2, -0.15) is 5.10 Å². The predicted octanol–water partition coefficient (Wildman–Crippen LogP) is 2.87. The molecule has 0 bridgehead atoms. The van der Waals surface area contributed by atoms with Crippen molar-refractivity contribution in [1.29, 1.82) is 0 Å². The summed E-state index contributed by atoms with van der Waals surface area (Å²) in [4.78, 5) is 23.6. The van der Waals surface area contributed by atoms with Gasteiger partial charge in [0, 0.05) is 17.9 Å². The van der Waals surface area contributed by atoms with Crippen molar-refractivity contribution in [1.82, 2.24) is 19.7 Å². The molecule has 126 valence electrons. The van der Waals surface area contributed by atoms with Crippen LogP contribution in [0.3, 0.4) is 0 Å². The highest BCUT2D eigenvalue weighted by atomic mass is 16.2. The number of aromatic nitrogens is 4. The number of hydrogen-bond donors (Lipinski definition) is 0. The van der Waals surface area contributed by atoms with E-state index < -0.39 is 0 Å². The molecule has 0 spiro atoms. The van der Waals surface area contributed by atoms with Crippen molar-refractivity contribution in [3.8, 4) is 5.82 Å². The zero-order valence-electron chi connectivity index (χ0n) is 14.3. The summed E-state index contributed by atoms with van der Waals surface area (Å²) in [6.45, 7) is 4.58. The number of rotatable bonds is 2. The Bertz CT molecular complexity index is 946. The molecule has 3 aromatic rings. The van der Waals surface area contributed by atoms with E-state index in [0.717, 1.165) is 29.9 Å². The summed E-state index contributed by atoms with van der Waals surface area (Å²) in [6, 6.07) is 10.0. The van der Waals surface area contributed by atoms with E-state index in [1.165, 1.54) is 11.8 Å². The molecule has 6 nitrogen and oxygen atoms in total. The number of nitrogens with zero attached hydrogens (tertiary/aromatic N) is 5. The number of carbonyl (C=O) groups excluding carboxylic acids is 1. The largest absolute Gasteiger partial charge is 0.307 e. The van der Waals surface area contributed by atoms with Gasteiger partial charge < -0.3 is 4.90 Å². The van der Waals surface area contributed by atoms with E-state index in [-0.39, 0.29) is 5.91 Å². The van der Waals surface area contributed by atoms with Crippen LogP contribution in [0, 0.1) is 13.8 Å². The summed E-state index contributed by atoms with van der Waals surface area (Å²) >= 11 is 0. The second-order valence-electron chi connectivity index (χ2n) is 6.29. The number of para-hydroxylation sites is 1. The molecule has 1 aliphatic rings. The van der Waals surface area contributed by atoms with Crippen LogP contribution in [0.4, 0.5) is 5.69 Å². The van der Waals surface area contributed by atoms with Crippen LogP contribution in [0.15, 0.2) is 42.7 Å². The third-order valence-electron chi connectivity index (χ3n) is 4.42. The molecule has 0 fully saturated rings. The molecular formula is C19H19N5O. The Hall–Kier alpha value is -3.02. The average molecular weight is 333 g/mol. The van der Waals surface area contributed by atoms with Crippen molar-refractivity contribution in [3.05, 3.63) is 65.4 Å². The normalized spacial score (nSPS) is 13.6. The van der Waals surface area contributed by atoms with Crippen LogP contribution >= 0.6 is 0 Å². The number of aryl methyl sites for hydroxylation is 3. The highest BCUT2D eigenvalue weighted by molar-refractivity contribution is 6.05. The van der Waals surface area contributed by atoms with Crippen molar-refractivity contribution in [3.63, 3.8) is 0 Å². The Kier molecular flexibility index (Phi) is 3.80. The first-order chi connectivity index (χ1) is 12.1. The lowest BCUT2D eigenvalue weighted by molar-refractivity contribution is 0.0980. The summed E-state index contributed by atoms with van der Waals surface area (Å²) in [5.74, 6) is 0.435. The van der Waals surface area contributed by atoms with Crippen LogP contribution < -0.4 is 4.90 Å². The van der Waals surface area contributed by atoms with Gasteiger partial charge in [0.25, 0.3) is 5.91 Å². The van der Waals surface area contributed by atoms with E-state index >= 15 is 0 Å². The van der Waals surface area contributed by atoms with Crippen LogP contribution in [0.2, 0.25) is 0 Å². The minimum Gasteiger partial charge on any atom is -0.307 e. The van der Waals surface area contributed by atoms with E-state index in [9.17, 15) is 4.79 Å². The van der Waals surface area contributed by atoms with Crippen molar-refractivity contribution >= 4 is 11.6 Å². The number of fused-ring (bicyclic) bond motifs is 1. The van der Waals surface area contributed by atoms with Gasteiger partial charge in [-0.15, -0.1) is 0 Å². The lowest BCUT2D eigenvalue weighted by Crippen LogP contribution is -2.36. The maximum Gasteiger partial charge on any atom is 0.278 e. The van der Waals surface area contributed by atoms with E-state index in [1.54, 1.807) is 15.8 Å². The highest BCUT2D eigenvalue weighted by Gasteiger charge is 2.24. The molecule has 0 saturated carbocycles. The van der Waals surface area contributed by atoms with Gasteiger partial charge in [-0.1, -0.05) is 18.2 Å². The Labute approximate surface area is 146 Å². The summed E-state index contributed by atoms with van der Waals surface area (Å²) < 4.78 is 1.71. The average Bonchev–Trinajstić information content (AvgIpc) is 2.99. The Morgan fingerprint density at radius 3 is 2.80 bits per heavy atom. The van der Waals surface area contributed by atoms with Crippen LogP contribution in [0.25, 0.3) is 5.82 Å². The molecule has 1 aromatic carbocycles. The topological polar surface area (TPSA) is 63.9 Å². The number of carbonyl (C=O) groups is 1. The molecule has 6 heteroatoms. The predicted molar refractivity (Wildman–Crippen MR) is 95.1 cm³/mol. The highest BCUT2D eigenvalue weighted by Crippen LogP contribution is 2.27. The third-order valence-corrected chi connectivity index (χ3v) is 4.42. The summed E-state index contributed by atoms with van der Waals surface area (Å²) in [7, 11) is 0. The molecule has 0 N–H and O–H groups in total. The number of benzene rings is 1. The van der Waals surface area contributed by atoms with Gasteiger partial charge in [0.1, 0.15) is 5.69 Å². The number of hydrogen-bond acceptors (Lipinski definition) is 4. The molecule has 0 aliphatic carbocycles. The van der Waals surface area contributed by atoms with Gasteiger partial charge in [0.2, 0.25) is 0 Å². The molecule has 0 atom stereocenters. The fraction of sp³-hybridized carbons (Fsp3) is 0.263. The molecule has 0 saturated heterocycles. The number of amides is 1.